The normalized spacial score (nSPS) is 25.4. The molecule has 1 aliphatic heterocycles. The van der Waals surface area contributed by atoms with Crippen LogP contribution in [0.2, 0.25) is 0 Å². The number of carbonyl (C=O) groups is 1. The third-order valence-corrected chi connectivity index (χ3v) is 4.27. The van der Waals surface area contributed by atoms with Gasteiger partial charge in [0.25, 0.3) is 0 Å². The van der Waals surface area contributed by atoms with Crippen LogP contribution in [-0.2, 0) is 4.79 Å². The van der Waals surface area contributed by atoms with E-state index in [-0.39, 0.29) is 5.92 Å². The zero-order chi connectivity index (χ0) is 12.8. The van der Waals surface area contributed by atoms with Crippen molar-refractivity contribution in [3.63, 3.8) is 0 Å². The molecule has 0 saturated carbocycles. The molecule has 2 heteroatoms. The van der Waals surface area contributed by atoms with E-state index >= 15 is 0 Å². The summed E-state index contributed by atoms with van der Waals surface area (Å²) >= 11 is 0. The number of carbonyl (C=O) groups excluding carboxylic acids is 1. The first-order chi connectivity index (χ1) is 8.81. The predicted molar refractivity (Wildman–Crippen MR) is 75.5 cm³/mol. The molecule has 1 aliphatic carbocycles. The van der Waals surface area contributed by atoms with Crippen LogP contribution >= 0.6 is 0 Å². The highest BCUT2D eigenvalue weighted by Gasteiger charge is 2.27. The maximum Gasteiger partial charge on any atom is 0.138 e. The second-order valence-electron chi connectivity index (χ2n) is 5.58. The van der Waals surface area contributed by atoms with Gasteiger partial charge in [0.15, 0.2) is 0 Å². The van der Waals surface area contributed by atoms with Gasteiger partial charge in [-0.1, -0.05) is 24.6 Å². The summed E-state index contributed by atoms with van der Waals surface area (Å²) in [4.78, 5) is 14.7. The summed E-state index contributed by atoms with van der Waals surface area (Å²) in [5, 5.41) is 0. The molecule has 1 saturated heterocycles. The number of hydrogen-bond donors (Lipinski definition) is 0. The van der Waals surface area contributed by atoms with Gasteiger partial charge >= 0.3 is 0 Å². The van der Waals surface area contributed by atoms with Crippen LogP contribution < -0.4 is 0 Å². The highest BCUT2D eigenvalue weighted by Crippen LogP contribution is 2.30. The second kappa shape index (κ2) is 6.89. The topological polar surface area (TPSA) is 20.3 Å². The molecule has 0 aromatic rings. The fourth-order valence-corrected chi connectivity index (χ4v) is 2.95. The minimum absolute atomic E-state index is 0.192. The van der Waals surface area contributed by atoms with Crippen LogP contribution in [0.4, 0.5) is 0 Å². The van der Waals surface area contributed by atoms with Crippen molar-refractivity contribution < 1.29 is 4.79 Å². The Labute approximate surface area is 111 Å². The molecule has 2 nitrogen and oxygen atoms in total. The number of likely N-dealkylation sites (tertiary alicyclic amines) is 1. The minimum Gasteiger partial charge on any atom is -0.303 e. The van der Waals surface area contributed by atoms with Crippen molar-refractivity contribution in [1.29, 1.82) is 0 Å². The third-order valence-electron chi connectivity index (χ3n) is 4.27. The lowest BCUT2D eigenvalue weighted by Gasteiger charge is -2.29. The summed E-state index contributed by atoms with van der Waals surface area (Å²) in [5.41, 5.74) is 0. The molecule has 0 amide bonds. The molecule has 2 atom stereocenters. The van der Waals surface area contributed by atoms with E-state index in [0.717, 1.165) is 25.8 Å². The van der Waals surface area contributed by atoms with Crippen molar-refractivity contribution in [2.24, 2.45) is 11.8 Å². The van der Waals surface area contributed by atoms with E-state index in [2.05, 4.69) is 23.6 Å². The molecule has 2 unspecified atom stereocenters. The lowest BCUT2D eigenvalue weighted by atomic mass is 9.77. The van der Waals surface area contributed by atoms with E-state index in [4.69, 9.17) is 0 Å². The number of piperidine rings is 1. The van der Waals surface area contributed by atoms with Gasteiger partial charge in [-0.15, -0.1) is 6.58 Å². The molecule has 0 aromatic carbocycles. The molecular formula is C16H25NO. The van der Waals surface area contributed by atoms with Crippen molar-refractivity contribution in [3.05, 3.63) is 24.8 Å². The largest absolute Gasteiger partial charge is 0.303 e. The SMILES string of the molecule is C=CCC(C(=O)CCN1CCCCC1)C1C=CC1. The highest BCUT2D eigenvalue weighted by atomic mass is 16.1. The van der Waals surface area contributed by atoms with Crippen LogP contribution in [0.15, 0.2) is 24.8 Å². The van der Waals surface area contributed by atoms with E-state index in [0.29, 0.717) is 11.7 Å². The van der Waals surface area contributed by atoms with E-state index in [1.165, 1.54) is 32.4 Å². The van der Waals surface area contributed by atoms with Gasteiger partial charge in [0, 0.05) is 18.9 Å². The van der Waals surface area contributed by atoms with Crippen LogP contribution in [0.1, 0.15) is 38.5 Å². The molecule has 0 N–H and O–H groups in total. The summed E-state index contributed by atoms with van der Waals surface area (Å²) in [5.74, 6) is 1.11. The van der Waals surface area contributed by atoms with Crippen LogP contribution in [0, 0.1) is 11.8 Å². The maximum absolute atomic E-state index is 12.3. The molecule has 1 heterocycles. The minimum atomic E-state index is 0.192. The van der Waals surface area contributed by atoms with Gasteiger partial charge in [0.05, 0.1) is 0 Å². The number of rotatable bonds is 7. The van der Waals surface area contributed by atoms with Gasteiger partial charge in [-0.05, 0) is 44.7 Å². The van der Waals surface area contributed by atoms with Crippen LogP contribution in [0.5, 0.6) is 0 Å². The predicted octanol–water partition coefficient (Wildman–Crippen LogP) is 3.20. The molecule has 18 heavy (non-hydrogen) atoms. The van der Waals surface area contributed by atoms with Crippen LogP contribution in [-0.4, -0.2) is 30.3 Å². The van der Waals surface area contributed by atoms with Crippen LogP contribution in [0.3, 0.4) is 0 Å². The molecule has 0 aromatic heterocycles. The molecule has 2 rings (SSSR count). The summed E-state index contributed by atoms with van der Waals surface area (Å²) in [7, 11) is 0. The fraction of sp³-hybridized carbons (Fsp3) is 0.688. The van der Waals surface area contributed by atoms with Crippen molar-refractivity contribution in [1.82, 2.24) is 4.90 Å². The summed E-state index contributed by atoms with van der Waals surface area (Å²) in [6, 6.07) is 0. The zero-order valence-electron chi connectivity index (χ0n) is 11.3. The first-order valence-electron chi connectivity index (χ1n) is 7.34. The summed E-state index contributed by atoms with van der Waals surface area (Å²) in [6.45, 7) is 7.11. The molecule has 0 radical (unpaired) electrons. The van der Waals surface area contributed by atoms with Crippen LogP contribution in [0.25, 0.3) is 0 Å². The Morgan fingerprint density at radius 1 is 1.39 bits per heavy atom. The van der Waals surface area contributed by atoms with Crippen molar-refractivity contribution in [2.75, 3.05) is 19.6 Å². The lowest BCUT2D eigenvalue weighted by Crippen LogP contribution is -2.34. The Morgan fingerprint density at radius 3 is 2.67 bits per heavy atom. The average Bonchev–Trinajstić information content (AvgIpc) is 2.34. The number of hydrogen-bond acceptors (Lipinski definition) is 2. The Hall–Kier alpha value is -0.890. The van der Waals surface area contributed by atoms with Crippen molar-refractivity contribution in [3.8, 4) is 0 Å². The van der Waals surface area contributed by atoms with Crippen molar-refractivity contribution in [2.45, 2.75) is 38.5 Å². The number of Topliss-reactive ketones (excluding diaryl/α,β-unsaturated/α-hetero) is 1. The second-order valence-corrected chi connectivity index (χ2v) is 5.58. The average molecular weight is 247 g/mol. The molecule has 0 spiro atoms. The summed E-state index contributed by atoms with van der Waals surface area (Å²) in [6.07, 6.45) is 12.9. The van der Waals surface area contributed by atoms with E-state index in [9.17, 15) is 4.79 Å². The smallest absolute Gasteiger partial charge is 0.138 e. The Bertz CT molecular complexity index is 315. The Morgan fingerprint density at radius 2 is 2.11 bits per heavy atom. The number of nitrogens with zero attached hydrogens (tertiary/aromatic N) is 1. The quantitative estimate of drug-likeness (QED) is 0.644. The van der Waals surface area contributed by atoms with Gasteiger partial charge in [0.2, 0.25) is 0 Å². The maximum atomic E-state index is 12.3. The lowest BCUT2D eigenvalue weighted by molar-refractivity contribution is -0.124. The molecular weight excluding hydrogens is 222 g/mol. The van der Waals surface area contributed by atoms with Gasteiger partial charge in [0.1, 0.15) is 5.78 Å². The molecule has 0 bridgehead atoms. The van der Waals surface area contributed by atoms with E-state index in [1.54, 1.807) is 0 Å². The first kappa shape index (κ1) is 13.5. The zero-order valence-corrected chi connectivity index (χ0v) is 11.3. The van der Waals surface area contributed by atoms with E-state index in [1.807, 2.05) is 6.08 Å². The Kier molecular flexibility index (Phi) is 5.18. The third kappa shape index (κ3) is 3.55. The van der Waals surface area contributed by atoms with Gasteiger partial charge in [-0.25, -0.2) is 0 Å². The Balaban J connectivity index is 1.77. The van der Waals surface area contributed by atoms with Gasteiger partial charge < -0.3 is 4.90 Å². The monoisotopic (exact) mass is 247 g/mol. The fourth-order valence-electron chi connectivity index (χ4n) is 2.95. The summed E-state index contributed by atoms with van der Waals surface area (Å²) < 4.78 is 0. The standard InChI is InChI=1S/C16H25NO/c1-2-7-15(14-8-6-9-14)16(18)10-13-17-11-4-3-5-12-17/h2,6,8,14-15H,1,3-5,7,9-13H2. The van der Waals surface area contributed by atoms with Crippen molar-refractivity contribution >= 4 is 5.78 Å². The van der Waals surface area contributed by atoms with E-state index < -0.39 is 0 Å². The highest BCUT2D eigenvalue weighted by molar-refractivity contribution is 5.82. The number of ketones is 1. The first-order valence-corrected chi connectivity index (χ1v) is 7.34. The number of allylic oxidation sites excluding steroid dienone is 3. The molecule has 1 fully saturated rings. The molecule has 100 valence electrons. The van der Waals surface area contributed by atoms with Gasteiger partial charge in [-0.2, -0.15) is 0 Å². The molecule has 2 aliphatic rings. The van der Waals surface area contributed by atoms with Gasteiger partial charge in [-0.3, -0.25) is 4.79 Å².